The fourth-order valence-electron chi connectivity index (χ4n) is 2.62. The first-order chi connectivity index (χ1) is 7.90. The van der Waals surface area contributed by atoms with Gasteiger partial charge < -0.3 is 10.6 Å². The molecule has 0 aliphatic carbocycles. The first kappa shape index (κ1) is 11.6. The van der Waals surface area contributed by atoms with Crippen LogP contribution in [0.15, 0.2) is 30.3 Å². The number of benzene rings is 1. The third-order valence-corrected chi connectivity index (χ3v) is 3.54. The van der Waals surface area contributed by atoms with Crippen LogP contribution in [0.5, 0.6) is 0 Å². The molecule has 1 aromatic carbocycles. The van der Waals surface area contributed by atoms with E-state index in [0.29, 0.717) is 0 Å². The largest absolute Gasteiger partial charge is 0.329 e. The average molecular weight is 218 g/mol. The maximum Gasteiger partial charge on any atom is 0.0105 e. The lowest BCUT2D eigenvalue weighted by molar-refractivity contribution is 0.292. The monoisotopic (exact) mass is 218 g/mol. The Labute approximate surface area is 98.4 Å². The summed E-state index contributed by atoms with van der Waals surface area (Å²) in [4.78, 5) is 2.50. The topological polar surface area (TPSA) is 29.3 Å². The Morgan fingerprint density at radius 2 is 1.94 bits per heavy atom. The van der Waals surface area contributed by atoms with E-state index in [4.69, 9.17) is 5.73 Å². The van der Waals surface area contributed by atoms with Gasteiger partial charge in [-0.15, -0.1) is 0 Å². The van der Waals surface area contributed by atoms with Crippen LogP contribution in [0.4, 0.5) is 0 Å². The van der Waals surface area contributed by atoms with Gasteiger partial charge in [0.15, 0.2) is 0 Å². The lowest BCUT2D eigenvalue weighted by atomic mass is 9.92. The molecule has 1 atom stereocenters. The average Bonchev–Trinajstić information content (AvgIpc) is 2.57. The van der Waals surface area contributed by atoms with Gasteiger partial charge in [-0.05, 0) is 43.8 Å². The molecule has 88 valence electrons. The maximum absolute atomic E-state index is 5.61. The Morgan fingerprint density at radius 1 is 1.12 bits per heavy atom. The van der Waals surface area contributed by atoms with Gasteiger partial charge in [-0.1, -0.05) is 30.3 Å². The Kier molecular flexibility index (Phi) is 4.37. The molecule has 2 heteroatoms. The van der Waals surface area contributed by atoms with Gasteiger partial charge in [0.1, 0.15) is 0 Å². The second-order valence-corrected chi connectivity index (χ2v) is 4.67. The van der Waals surface area contributed by atoms with Crippen LogP contribution in [-0.4, -0.2) is 31.1 Å². The second-order valence-electron chi connectivity index (χ2n) is 4.67. The summed E-state index contributed by atoms with van der Waals surface area (Å²) in [5.74, 6) is 0.754. The van der Waals surface area contributed by atoms with E-state index >= 15 is 0 Å². The van der Waals surface area contributed by atoms with Crippen molar-refractivity contribution in [3.05, 3.63) is 35.9 Å². The molecule has 1 heterocycles. The molecular weight excluding hydrogens is 196 g/mol. The van der Waals surface area contributed by atoms with Crippen LogP contribution in [0, 0.1) is 0 Å². The van der Waals surface area contributed by atoms with Crippen molar-refractivity contribution in [2.24, 2.45) is 5.73 Å². The summed E-state index contributed by atoms with van der Waals surface area (Å²) in [6.45, 7) is 4.27. The van der Waals surface area contributed by atoms with Crippen molar-refractivity contribution in [1.29, 1.82) is 0 Å². The molecule has 0 saturated carbocycles. The van der Waals surface area contributed by atoms with E-state index in [1.54, 1.807) is 0 Å². The highest BCUT2D eigenvalue weighted by Gasteiger charge is 2.17. The van der Waals surface area contributed by atoms with Crippen LogP contribution in [-0.2, 0) is 0 Å². The third kappa shape index (κ3) is 3.06. The molecule has 0 spiro atoms. The summed E-state index contributed by atoms with van der Waals surface area (Å²) in [5, 5.41) is 0. The number of hydrogen-bond donors (Lipinski definition) is 1. The predicted octanol–water partition coefficient (Wildman–Crippen LogP) is 2.21. The molecule has 2 nitrogen and oxygen atoms in total. The number of nitrogens with two attached hydrogens (primary N) is 1. The first-order valence-corrected chi connectivity index (χ1v) is 6.37. The quantitative estimate of drug-likeness (QED) is 0.843. The number of rotatable bonds is 3. The lowest BCUT2D eigenvalue weighted by Gasteiger charge is -2.19. The minimum Gasteiger partial charge on any atom is -0.329 e. The Hall–Kier alpha value is -0.860. The standard InChI is InChI=1S/C14H22N2/c15-9-12-16-10-4-7-14(8-11-16)13-5-2-1-3-6-13/h1-3,5-6,14H,4,7-12,15H2. The Morgan fingerprint density at radius 3 is 2.69 bits per heavy atom. The van der Waals surface area contributed by atoms with E-state index in [0.717, 1.165) is 19.0 Å². The van der Waals surface area contributed by atoms with E-state index in [9.17, 15) is 0 Å². The first-order valence-electron chi connectivity index (χ1n) is 6.37. The van der Waals surface area contributed by atoms with Crippen molar-refractivity contribution < 1.29 is 0 Å². The van der Waals surface area contributed by atoms with Crippen molar-refractivity contribution in [3.8, 4) is 0 Å². The van der Waals surface area contributed by atoms with Crippen LogP contribution in [0.2, 0.25) is 0 Å². The SMILES string of the molecule is NCCN1CCCC(c2ccccc2)CC1. The Balaban J connectivity index is 1.94. The lowest BCUT2D eigenvalue weighted by Crippen LogP contribution is -2.30. The number of likely N-dealkylation sites (tertiary alicyclic amines) is 1. The molecule has 1 aliphatic heterocycles. The van der Waals surface area contributed by atoms with E-state index in [-0.39, 0.29) is 0 Å². The fraction of sp³-hybridized carbons (Fsp3) is 0.571. The van der Waals surface area contributed by atoms with Gasteiger partial charge in [-0.2, -0.15) is 0 Å². The maximum atomic E-state index is 5.61. The summed E-state index contributed by atoms with van der Waals surface area (Å²) in [7, 11) is 0. The second kappa shape index (κ2) is 6.02. The van der Waals surface area contributed by atoms with Crippen LogP contribution >= 0.6 is 0 Å². The van der Waals surface area contributed by atoms with Crippen molar-refractivity contribution in [2.75, 3.05) is 26.2 Å². The molecule has 1 fully saturated rings. The van der Waals surface area contributed by atoms with Crippen molar-refractivity contribution in [3.63, 3.8) is 0 Å². The van der Waals surface area contributed by atoms with Crippen molar-refractivity contribution in [2.45, 2.75) is 25.2 Å². The molecule has 1 saturated heterocycles. The van der Waals surface area contributed by atoms with E-state index < -0.39 is 0 Å². The molecular formula is C14H22N2. The van der Waals surface area contributed by atoms with E-state index in [1.807, 2.05) is 0 Å². The number of nitrogens with zero attached hydrogens (tertiary/aromatic N) is 1. The number of hydrogen-bond acceptors (Lipinski definition) is 2. The van der Waals surface area contributed by atoms with Crippen LogP contribution < -0.4 is 5.73 Å². The zero-order valence-corrected chi connectivity index (χ0v) is 9.94. The van der Waals surface area contributed by atoms with Gasteiger partial charge in [-0.3, -0.25) is 0 Å². The molecule has 0 radical (unpaired) electrons. The summed E-state index contributed by atoms with van der Waals surface area (Å²) in [5.41, 5.74) is 7.13. The molecule has 1 aromatic rings. The molecule has 0 aromatic heterocycles. The molecule has 0 bridgehead atoms. The highest BCUT2D eigenvalue weighted by Crippen LogP contribution is 2.27. The smallest absolute Gasteiger partial charge is 0.0105 e. The Bertz CT molecular complexity index is 297. The normalized spacial score (nSPS) is 22.9. The van der Waals surface area contributed by atoms with Crippen LogP contribution in [0.3, 0.4) is 0 Å². The van der Waals surface area contributed by atoms with Gasteiger partial charge in [0, 0.05) is 13.1 Å². The van der Waals surface area contributed by atoms with Crippen molar-refractivity contribution >= 4 is 0 Å². The summed E-state index contributed by atoms with van der Waals surface area (Å²) < 4.78 is 0. The van der Waals surface area contributed by atoms with Gasteiger partial charge >= 0.3 is 0 Å². The molecule has 0 amide bonds. The van der Waals surface area contributed by atoms with E-state index in [1.165, 1.54) is 37.9 Å². The minimum absolute atomic E-state index is 0.754. The van der Waals surface area contributed by atoms with Crippen LogP contribution in [0.25, 0.3) is 0 Å². The summed E-state index contributed by atoms with van der Waals surface area (Å²) in [6.07, 6.45) is 3.91. The summed E-state index contributed by atoms with van der Waals surface area (Å²) in [6, 6.07) is 10.9. The molecule has 1 unspecified atom stereocenters. The molecule has 16 heavy (non-hydrogen) atoms. The van der Waals surface area contributed by atoms with Gasteiger partial charge in [0.05, 0.1) is 0 Å². The minimum atomic E-state index is 0.754. The van der Waals surface area contributed by atoms with Gasteiger partial charge in [0.2, 0.25) is 0 Å². The van der Waals surface area contributed by atoms with Gasteiger partial charge in [-0.25, -0.2) is 0 Å². The van der Waals surface area contributed by atoms with E-state index in [2.05, 4.69) is 35.2 Å². The predicted molar refractivity (Wildman–Crippen MR) is 68.5 cm³/mol. The highest BCUT2D eigenvalue weighted by atomic mass is 15.1. The van der Waals surface area contributed by atoms with Crippen LogP contribution in [0.1, 0.15) is 30.7 Å². The molecule has 1 aliphatic rings. The highest BCUT2D eigenvalue weighted by molar-refractivity contribution is 5.19. The zero-order valence-electron chi connectivity index (χ0n) is 9.94. The third-order valence-electron chi connectivity index (χ3n) is 3.54. The molecule has 2 rings (SSSR count). The van der Waals surface area contributed by atoms with Gasteiger partial charge in [0.25, 0.3) is 0 Å². The molecule has 2 N–H and O–H groups in total. The zero-order chi connectivity index (χ0) is 11.2. The fourth-order valence-corrected chi connectivity index (χ4v) is 2.62. The summed E-state index contributed by atoms with van der Waals surface area (Å²) >= 11 is 0. The van der Waals surface area contributed by atoms with Crippen molar-refractivity contribution in [1.82, 2.24) is 4.90 Å².